The van der Waals surface area contributed by atoms with Crippen LogP contribution in [0.4, 0.5) is 11.4 Å². The van der Waals surface area contributed by atoms with Crippen LogP contribution in [0.2, 0.25) is 0 Å². The third-order valence-corrected chi connectivity index (χ3v) is 6.84. The molecule has 0 saturated heterocycles. The van der Waals surface area contributed by atoms with Crippen molar-refractivity contribution in [3.63, 3.8) is 0 Å². The first kappa shape index (κ1) is 24.6. The number of benzene rings is 3. The number of hydrogen-bond acceptors (Lipinski definition) is 6. The van der Waals surface area contributed by atoms with Crippen LogP contribution in [0.3, 0.4) is 0 Å². The van der Waals surface area contributed by atoms with E-state index in [4.69, 9.17) is 17.0 Å². The lowest BCUT2D eigenvalue weighted by Crippen LogP contribution is -2.23. The smallest absolute Gasteiger partial charge is 0.261 e. The number of hydrogen-bond donors (Lipinski definition) is 3. The van der Waals surface area contributed by atoms with Crippen molar-refractivity contribution in [2.75, 3.05) is 23.4 Å². The lowest BCUT2D eigenvalue weighted by molar-refractivity contribution is 0.415. The molecule has 3 N–H and O–H groups in total. The molecule has 0 saturated carbocycles. The van der Waals surface area contributed by atoms with E-state index >= 15 is 0 Å². The van der Waals surface area contributed by atoms with Crippen molar-refractivity contribution in [3.8, 4) is 5.75 Å². The monoisotopic (exact) mass is 500 g/mol. The summed E-state index contributed by atoms with van der Waals surface area (Å²) in [6.45, 7) is 0. The maximum Gasteiger partial charge on any atom is 0.261 e. The second kappa shape index (κ2) is 11.7. The molecule has 0 heterocycles. The van der Waals surface area contributed by atoms with Crippen molar-refractivity contribution in [2.45, 2.75) is 16.2 Å². The van der Waals surface area contributed by atoms with E-state index in [2.05, 4.69) is 20.6 Å². The number of anilines is 2. The predicted octanol–water partition coefficient (Wildman–Crippen LogP) is 4.73. The van der Waals surface area contributed by atoms with E-state index in [0.29, 0.717) is 23.0 Å². The molecule has 0 bridgehead atoms. The average Bonchev–Trinajstić information content (AvgIpc) is 2.83. The van der Waals surface area contributed by atoms with Crippen LogP contribution in [-0.2, 0) is 16.4 Å². The molecule has 0 aliphatic carbocycles. The van der Waals surface area contributed by atoms with Gasteiger partial charge >= 0.3 is 0 Å². The largest absolute Gasteiger partial charge is 0.497 e. The first-order valence-corrected chi connectivity index (χ1v) is 13.0. The Hall–Kier alpha value is -3.08. The van der Waals surface area contributed by atoms with Crippen LogP contribution >= 0.6 is 24.0 Å². The Bertz CT molecular complexity index is 1200. The Kier molecular flexibility index (Phi) is 8.70. The van der Waals surface area contributed by atoms with Gasteiger partial charge in [-0.25, -0.2) is 8.42 Å². The van der Waals surface area contributed by atoms with E-state index < -0.39 is 10.0 Å². The zero-order valence-corrected chi connectivity index (χ0v) is 20.6. The zero-order valence-electron chi connectivity index (χ0n) is 18.1. The van der Waals surface area contributed by atoms with Gasteiger partial charge in [-0.2, -0.15) is 5.10 Å². The minimum atomic E-state index is -3.68. The fourth-order valence-corrected chi connectivity index (χ4v) is 4.40. The van der Waals surface area contributed by atoms with Gasteiger partial charge in [0, 0.05) is 28.9 Å². The first-order valence-electron chi connectivity index (χ1n) is 9.88. The second-order valence-corrected chi connectivity index (χ2v) is 9.76. The molecule has 3 aromatic rings. The van der Waals surface area contributed by atoms with Gasteiger partial charge in [-0.3, -0.25) is 10.1 Å². The first-order chi connectivity index (χ1) is 15.9. The molecule has 0 atom stereocenters. The fraction of sp³-hybridized carbons (Fsp3) is 0.130. The number of sulfonamides is 1. The van der Waals surface area contributed by atoms with Gasteiger partial charge in [-0.1, -0.05) is 12.1 Å². The molecule has 0 aliphatic rings. The molecular formula is C23H24N4O3S3. The molecule has 172 valence electrons. The van der Waals surface area contributed by atoms with Crippen LogP contribution in [0.5, 0.6) is 5.75 Å². The quantitative estimate of drug-likeness (QED) is 0.169. The normalized spacial score (nSPS) is 11.2. The number of methoxy groups -OCH3 is 1. The summed E-state index contributed by atoms with van der Waals surface area (Å²) in [5.41, 5.74) is 5.02. The summed E-state index contributed by atoms with van der Waals surface area (Å²) in [5.74, 6) is 0.653. The Labute approximate surface area is 203 Å². The average molecular weight is 501 g/mol. The maximum absolute atomic E-state index is 12.6. The number of nitrogens with one attached hydrogen (secondary N) is 3. The molecule has 0 amide bonds. The molecule has 0 spiro atoms. The standard InChI is InChI=1S/C23H24N4O3S3/c1-30-20-9-5-19(6-10-20)27-33(28,29)22-13-3-17(4-14-22)15-16-24-26-23(31)25-18-7-11-21(32-2)12-8-18/h3-14,16,27H,15H2,1-2H3,(H2,25,26,31). The third kappa shape index (κ3) is 7.48. The summed E-state index contributed by atoms with van der Waals surface area (Å²) in [6, 6.07) is 21.2. The Morgan fingerprint density at radius 2 is 1.64 bits per heavy atom. The highest BCUT2D eigenvalue weighted by Gasteiger charge is 2.14. The molecule has 10 heteroatoms. The highest BCUT2D eigenvalue weighted by atomic mass is 32.2. The molecule has 33 heavy (non-hydrogen) atoms. The Balaban J connectivity index is 1.49. The van der Waals surface area contributed by atoms with Crippen molar-refractivity contribution >= 4 is 56.7 Å². The van der Waals surface area contributed by atoms with Crippen LogP contribution in [0.25, 0.3) is 0 Å². The molecule has 0 fully saturated rings. The van der Waals surface area contributed by atoms with Crippen molar-refractivity contribution in [3.05, 3.63) is 78.4 Å². The lowest BCUT2D eigenvalue weighted by Gasteiger charge is -2.09. The SMILES string of the molecule is COc1ccc(NS(=O)(=O)c2ccc(CC=NNC(=S)Nc3ccc(SC)cc3)cc2)cc1. The van der Waals surface area contributed by atoms with E-state index in [-0.39, 0.29) is 4.90 Å². The minimum absolute atomic E-state index is 0.176. The van der Waals surface area contributed by atoms with Crippen molar-refractivity contribution in [2.24, 2.45) is 5.10 Å². The molecule has 0 aliphatic heterocycles. The maximum atomic E-state index is 12.6. The van der Waals surface area contributed by atoms with Crippen LogP contribution in [0.15, 0.2) is 87.7 Å². The number of thioether (sulfide) groups is 1. The molecular weight excluding hydrogens is 476 g/mol. The molecule has 0 aromatic heterocycles. The van der Waals surface area contributed by atoms with E-state index in [1.807, 2.05) is 30.5 Å². The minimum Gasteiger partial charge on any atom is -0.497 e. The summed E-state index contributed by atoms with van der Waals surface area (Å²) in [5, 5.41) is 7.56. The summed E-state index contributed by atoms with van der Waals surface area (Å²) in [6.07, 6.45) is 4.21. The van der Waals surface area contributed by atoms with Crippen LogP contribution in [0.1, 0.15) is 5.56 Å². The topological polar surface area (TPSA) is 91.8 Å². The lowest BCUT2D eigenvalue weighted by atomic mass is 10.2. The van der Waals surface area contributed by atoms with Gasteiger partial charge in [0.2, 0.25) is 0 Å². The predicted molar refractivity (Wildman–Crippen MR) is 140 cm³/mol. The summed E-state index contributed by atoms with van der Waals surface area (Å²) in [4.78, 5) is 1.35. The van der Waals surface area contributed by atoms with Gasteiger partial charge in [0.15, 0.2) is 5.11 Å². The zero-order chi connectivity index (χ0) is 23.7. The highest BCUT2D eigenvalue weighted by molar-refractivity contribution is 7.98. The van der Waals surface area contributed by atoms with Crippen LogP contribution in [-0.4, -0.2) is 33.1 Å². The van der Waals surface area contributed by atoms with E-state index in [1.54, 1.807) is 73.6 Å². The van der Waals surface area contributed by atoms with Crippen LogP contribution in [0, 0.1) is 0 Å². The number of nitrogens with zero attached hydrogens (tertiary/aromatic N) is 1. The van der Waals surface area contributed by atoms with Crippen LogP contribution < -0.4 is 20.2 Å². The Morgan fingerprint density at radius 1 is 1.00 bits per heavy atom. The van der Waals surface area contributed by atoms with Gasteiger partial charge in [-0.15, -0.1) is 11.8 Å². The van der Waals surface area contributed by atoms with Crippen molar-refractivity contribution < 1.29 is 13.2 Å². The second-order valence-electron chi connectivity index (χ2n) is 6.79. The van der Waals surface area contributed by atoms with Gasteiger partial charge in [0.05, 0.1) is 12.0 Å². The Morgan fingerprint density at radius 3 is 2.24 bits per heavy atom. The van der Waals surface area contributed by atoms with Gasteiger partial charge in [0.1, 0.15) is 5.75 Å². The van der Waals surface area contributed by atoms with Crippen molar-refractivity contribution in [1.29, 1.82) is 0 Å². The fourth-order valence-electron chi connectivity index (χ4n) is 2.77. The number of hydrazone groups is 1. The molecule has 3 rings (SSSR count). The highest BCUT2D eigenvalue weighted by Crippen LogP contribution is 2.20. The molecule has 7 nitrogen and oxygen atoms in total. The van der Waals surface area contributed by atoms with E-state index in [0.717, 1.165) is 11.3 Å². The third-order valence-electron chi connectivity index (χ3n) is 4.51. The number of thiocarbonyl (C=S) groups is 1. The molecule has 0 unspecified atom stereocenters. The van der Waals surface area contributed by atoms with Gasteiger partial charge in [0.25, 0.3) is 10.0 Å². The summed E-state index contributed by atoms with van der Waals surface area (Å²) >= 11 is 6.90. The number of rotatable bonds is 9. The van der Waals surface area contributed by atoms with E-state index in [1.165, 1.54) is 4.90 Å². The van der Waals surface area contributed by atoms with Gasteiger partial charge in [-0.05, 0) is 84.7 Å². The molecule has 3 aromatic carbocycles. The summed E-state index contributed by atoms with van der Waals surface area (Å²) < 4.78 is 32.8. The van der Waals surface area contributed by atoms with E-state index in [9.17, 15) is 8.42 Å². The number of ether oxygens (including phenoxy) is 1. The van der Waals surface area contributed by atoms with Gasteiger partial charge < -0.3 is 10.1 Å². The molecule has 0 radical (unpaired) electrons. The summed E-state index contributed by atoms with van der Waals surface area (Å²) in [7, 11) is -2.13. The van der Waals surface area contributed by atoms with Crippen molar-refractivity contribution in [1.82, 2.24) is 5.43 Å².